The number of aromatic nitrogens is 1. The van der Waals surface area contributed by atoms with Gasteiger partial charge in [-0.1, -0.05) is 12.1 Å². The van der Waals surface area contributed by atoms with Crippen LogP contribution in [-0.2, 0) is 11.3 Å². The average Bonchev–Trinajstić information content (AvgIpc) is 3.20. The summed E-state index contributed by atoms with van der Waals surface area (Å²) < 4.78 is 5.41. The van der Waals surface area contributed by atoms with Gasteiger partial charge in [0.2, 0.25) is 0 Å². The second-order valence-corrected chi connectivity index (χ2v) is 7.03. The fraction of sp³-hybridized carbons (Fsp3) is 0.444. The molecule has 134 valence electrons. The fourth-order valence-electron chi connectivity index (χ4n) is 2.82. The highest BCUT2D eigenvalue weighted by Crippen LogP contribution is 2.23. The van der Waals surface area contributed by atoms with Crippen molar-refractivity contribution in [3.05, 3.63) is 46.3 Å². The Morgan fingerprint density at radius 2 is 2.20 bits per heavy atom. The van der Waals surface area contributed by atoms with Gasteiger partial charge in [-0.05, 0) is 24.4 Å². The van der Waals surface area contributed by atoms with Crippen LogP contribution in [0.15, 0.2) is 35.8 Å². The number of thiophene rings is 1. The molecule has 1 N–H and O–H groups in total. The van der Waals surface area contributed by atoms with Crippen molar-refractivity contribution >= 4 is 23.2 Å². The van der Waals surface area contributed by atoms with Crippen LogP contribution < -0.4 is 10.2 Å². The lowest BCUT2D eigenvalue weighted by atomic mass is 10.2. The highest BCUT2D eigenvalue weighted by molar-refractivity contribution is 7.10. The lowest BCUT2D eigenvalue weighted by molar-refractivity contribution is 0.122. The SMILES string of the molecule is CC(c1cccs1)N(C)C(=O)NCc1cccnc1N1CCOCC1. The molecule has 7 heteroatoms. The first-order valence-electron chi connectivity index (χ1n) is 8.47. The molecular weight excluding hydrogens is 336 g/mol. The van der Waals surface area contributed by atoms with Crippen molar-refractivity contribution in [1.29, 1.82) is 0 Å². The number of nitrogens with zero attached hydrogens (tertiary/aromatic N) is 3. The average molecular weight is 360 g/mol. The molecule has 2 aromatic rings. The van der Waals surface area contributed by atoms with E-state index in [1.165, 1.54) is 4.88 Å². The maximum absolute atomic E-state index is 12.5. The third-order valence-corrected chi connectivity index (χ3v) is 5.51. The molecule has 1 aliphatic rings. The van der Waals surface area contributed by atoms with E-state index in [9.17, 15) is 4.79 Å². The van der Waals surface area contributed by atoms with Gasteiger partial charge < -0.3 is 19.9 Å². The van der Waals surface area contributed by atoms with Crippen molar-refractivity contribution in [2.45, 2.75) is 19.5 Å². The molecule has 2 amide bonds. The third-order valence-electron chi connectivity index (χ3n) is 4.46. The van der Waals surface area contributed by atoms with Crippen LogP contribution in [0.25, 0.3) is 0 Å². The standard InChI is InChI=1S/C18H24N4O2S/c1-14(16-6-4-12-25-16)21(2)18(23)20-13-15-5-3-7-19-17(15)22-8-10-24-11-9-22/h3-7,12,14H,8-11,13H2,1-2H3,(H,20,23). The number of ether oxygens (including phenoxy) is 1. The minimum Gasteiger partial charge on any atom is -0.378 e. The van der Waals surface area contributed by atoms with Gasteiger partial charge in [0.25, 0.3) is 0 Å². The van der Waals surface area contributed by atoms with Crippen molar-refractivity contribution in [2.75, 3.05) is 38.3 Å². The first kappa shape index (κ1) is 17.7. The first-order valence-corrected chi connectivity index (χ1v) is 9.35. The van der Waals surface area contributed by atoms with E-state index in [-0.39, 0.29) is 12.1 Å². The Bertz CT molecular complexity index is 686. The number of carbonyl (C=O) groups excluding carboxylic acids is 1. The van der Waals surface area contributed by atoms with E-state index in [0.29, 0.717) is 19.8 Å². The lowest BCUT2D eigenvalue weighted by Gasteiger charge is -2.30. The molecule has 2 aromatic heterocycles. The summed E-state index contributed by atoms with van der Waals surface area (Å²) in [4.78, 5) is 22.1. The molecule has 0 saturated carbocycles. The van der Waals surface area contributed by atoms with Crippen LogP contribution in [0, 0.1) is 0 Å². The summed E-state index contributed by atoms with van der Waals surface area (Å²) in [5, 5.41) is 5.04. The Morgan fingerprint density at radius 3 is 2.92 bits per heavy atom. The fourth-order valence-corrected chi connectivity index (χ4v) is 3.65. The Labute approximate surface area is 152 Å². The summed E-state index contributed by atoms with van der Waals surface area (Å²) in [6.07, 6.45) is 1.79. The van der Waals surface area contributed by atoms with Crippen LogP contribution in [0.2, 0.25) is 0 Å². The predicted octanol–water partition coefficient (Wildman–Crippen LogP) is 2.88. The number of rotatable bonds is 5. The summed E-state index contributed by atoms with van der Waals surface area (Å²) >= 11 is 1.66. The number of urea groups is 1. The van der Waals surface area contributed by atoms with Gasteiger partial charge in [-0.2, -0.15) is 0 Å². The third kappa shape index (κ3) is 4.29. The molecule has 25 heavy (non-hydrogen) atoms. The molecule has 3 rings (SSSR count). The maximum atomic E-state index is 12.5. The summed E-state index contributed by atoms with van der Waals surface area (Å²) in [7, 11) is 1.83. The topological polar surface area (TPSA) is 57.7 Å². The van der Waals surface area contributed by atoms with E-state index in [4.69, 9.17) is 4.74 Å². The smallest absolute Gasteiger partial charge is 0.317 e. The second kappa shape index (κ2) is 8.31. The van der Waals surface area contributed by atoms with Gasteiger partial charge >= 0.3 is 6.03 Å². The number of anilines is 1. The summed E-state index contributed by atoms with van der Waals surface area (Å²) in [6, 6.07) is 7.94. The zero-order chi connectivity index (χ0) is 17.6. The molecule has 1 atom stereocenters. The Morgan fingerprint density at radius 1 is 1.40 bits per heavy atom. The van der Waals surface area contributed by atoms with Gasteiger partial charge in [-0.15, -0.1) is 11.3 Å². The van der Waals surface area contributed by atoms with E-state index < -0.39 is 0 Å². The number of hydrogen-bond donors (Lipinski definition) is 1. The molecule has 1 fully saturated rings. The summed E-state index contributed by atoms with van der Waals surface area (Å²) in [6.45, 7) is 5.57. The summed E-state index contributed by atoms with van der Waals surface area (Å²) in [5.74, 6) is 0.931. The molecule has 1 saturated heterocycles. The molecule has 0 aromatic carbocycles. The van der Waals surface area contributed by atoms with E-state index in [1.54, 1.807) is 22.4 Å². The molecule has 0 spiro atoms. The minimum absolute atomic E-state index is 0.0487. The predicted molar refractivity (Wildman–Crippen MR) is 100 cm³/mol. The number of pyridine rings is 1. The van der Waals surface area contributed by atoms with Crippen molar-refractivity contribution in [3.8, 4) is 0 Å². The number of amides is 2. The quantitative estimate of drug-likeness (QED) is 0.891. The van der Waals surface area contributed by atoms with E-state index in [0.717, 1.165) is 24.5 Å². The van der Waals surface area contributed by atoms with Crippen LogP contribution >= 0.6 is 11.3 Å². The van der Waals surface area contributed by atoms with Crippen molar-refractivity contribution in [1.82, 2.24) is 15.2 Å². The van der Waals surface area contributed by atoms with Crippen molar-refractivity contribution in [2.24, 2.45) is 0 Å². The van der Waals surface area contributed by atoms with Crippen molar-refractivity contribution < 1.29 is 9.53 Å². The van der Waals surface area contributed by atoms with Gasteiger partial charge in [0, 0.05) is 43.3 Å². The molecule has 3 heterocycles. The first-order chi connectivity index (χ1) is 12.2. The van der Waals surface area contributed by atoms with E-state index in [2.05, 4.69) is 21.3 Å². The van der Waals surface area contributed by atoms with Crippen LogP contribution in [0.5, 0.6) is 0 Å². The van der Waals surface area contributed by atoms with Crippen LogP contribution in [0.4, 0.5) is 10.6 Å². The summed E-state index contributed by atoms with van der Waals surface area (Å²) in [5.41, 5.74) is 1.02. The van der Waals surface area contributed by atoms with Gasteiger partial charge in [-0.25, -0.2) is 9.78 Å². The Balaban J connectivity index is 1.62. The van der Waals surface area contributed by atoms with Gasteiger partial charge in [-0.3, -0.25) is 0 Å². The highest BCUT2D eigenvalue weighted by atomic mass is 32.1. The Hall–Kier alpha value is -2.12. The molecular formula is C18H24N4O2S. The zero-order valence-corrected chi connectivity index (χ0v) is 15.5. The molecule has 1 unspecified atom stereocenters. The van der Waals surface area contributed by atoms with Gasteiger partial charge in [0.05, 0.1) is 19.3 Å². The minimum atomic E-state index is -0.0855. The second-order valence-electron chi connectivity index (χ2n) is 6.05. The van der Waals surface area contributed by atoms with Crippen LogP contribution in [0.3, 0.4) is 0 Å². The van der Waals surface area contributed by atoms with E-state index >= 15 is 0 Å². The van der Waals surface area contributed by atoms with Crippen LogP contribution in [-0.4, -0.2) is 49.3 Å². The molecule has 1 aliphatic heterocycles. The number of morpholine rings is 1. The highest BCUT2D eigenvalue weighted by Gasteiger charge is 2.19. The monoisotopic (exact) mass is 360 g/mol. The Kier molecular flexibility index (Phi) is 5.88. The maximum Gasteiger partial charge on any atom is 0.317 e. The molecule has 6 nitrogen and oxygen atoms in total. The normalized spacial score (nSPS) is 15.7. The lowest BCUT2D eigenvalue weighted by Crippen LogP contribution is -2.40. The van der Waals surface area contributed by atoms with Crippen molar-refractivity contribution in [3.63, 3.8) is 0 Å². The van der Waals surface area contributed by atoms with Gasteiger partial charge in [0.15, 0.2) is 0 Å². The molecule has 0 aliphatic carbocycles. The molecule has 0 bridgehead atoms. The number of carbonyl (C=O) groups is 1. The van der Waals surface area contributed by atoms with E-state index in [1.807, 2.05) is 37.6 Å². The largest absolute Gasteiger partial charge is 0.378 e. The van der Waals surface area contributed by atoms with Crippen LogP contribution in [0.1, 0.15) is 23.4 Å². The van der Waals surface area contributed by atoms with Gasteiger partial charge in [0.1, 0.15) is 5.82 Å². The number of hydrogen-bond acceptors (Lipinski definition) is 5. The zero-order valence-electron chi connectivity index (χ0n) is 14.6. The number of nitrogens with one attached hydrogen (secondary N) is 1. The molecule has 0 radical (unpaired) electrons.